The minimum Gasteiger partial charge on any atom is -0.302 e. The zero-order chi connectivity index (χ0) is 14.2. The third kappa shape index (κ3) is 3.22. The smallest absolute Gasteiger partial charge is 0.00506 e. The van der Waals surface area contributed by atoms with E-state index in [1.54, 1.807) is 0 Å². The van der Waals surface area contributed by atoms with Crippen LogP contribution in [0.4, 0.5) is 0 Å². The number of nitrogens with zero attached hydrogens (tertiary/aromatic N) is 2. The van der Waals surface area contributed by atoms with Gasteiger partial charge >= 0.3 is 0 Å². The Morgan fingerprint density at radius 3 is 2.15 bits per heavy atom. The van der Waals surface area contributed by atoms with Crippen LogP contribution in [0.2, 0.25) is 0 Å². The lowest BCUT2D eigenvalue weighted by Crippen LogP contribution is -2.58. The van der Waals surface area contributed by atoms with E-state index in [2.05, 4.69) is 30.6 Å². The maximum atomic E-state index is 2.77. The van der Waals surface area contributed by atoms with Crippen molar-refractivity contribution in [2.24, 2.45) is 17.3 Å². The quantitative estimate of drug-likeness (QED) is 0.778. The van der Waals surface area contributed by atoms with E-state index >= 15 is 0 Å². The minimum absolute atomic E-state index is 0.743. The van der Waals surface area contributed by atoms with Crippen molar-refractivity contribution in [1.29, 1.82) is 0 Å². The topological polar surface area (TPSA) is 6.48 Å². The summed E-state index contributed by atoms with van der Waals surface area (Å²) in [6, 6.07) is 0.743. The van der Waals surface area contributed by atoms with Gasteiger partial charge in [0.2, 0.25) is 0 Å². The Morgan fingerprint density at radius 2 is 1.60 bits per heavy atom. The molecule has 0 aromatic rings. The zero-order valence-corrected chi connectivity index (χ0v) is 13.9. The molecule has 1 spiro atoms. The Balaban J connectivity index is 1.37. The van der Waals surface area contributed by atoms with Crippen LogP contribution in [0, 0.1) is 17.3 Å². The molecular formula is C18H34N2. The van der Waals surface area contributed by atoms with E-state index in [9.17, 15) is 0 Å². The molecule has 0 aromatic carbocycles. The number of hydrogen-bond acceptors (Lipinski definition) is 2. The molecule has 1 saturated carbocycles. The van der Waals surface area contributed by atoms with Gasteiger partial charge in [0.1, 0.15) is 0 Å². The third-order valence-electron chi connectivity index (χ3n) is 6.35. The molecule has 2 nitrogen and oxygen atoms in total. The summed E-state index contributed by atoms with van der Waals surface area (Å²) in [4.78, 5) is 5.42. The predicted octanol–water partition coefficient (Wildman–Crippen LogP) is 3.62. The Bertz CT molecular complexity index is 301. The molecule has 0 amide bonds. The van der Waals surface area contributed by atoms with Crippen LogP contribution in [0.1, 0.15) is 59.3 Å². The van der Waals surface area contributed by atoms with E-state index in [4.69, 9.17) is 0 Å². The van der Waals surface area contributed by atoms with E-state index in [0.29, 0.717) is 0 Å². The molecule has 3 aliphatic rings. The SMILES string of the molecule is CC1CCC2(CC1)CN(CC1CCN(C(C)C)CC1)C2. The van der Waals surface area contributed by atoms with E-state index in [1.807, 2.05) is 0 Å². The summed E-state index contributed by atoms with van der Waals surface area (Å²) in [7, 11) is 0. The van der Waals surface area contributed by atoms with Crippen molar-refractivity contribution in [1.82, 2.24) is 9.80 Å². The van der Waals surface area contributed by atoms with Crippen LogP contribution in [-0.2, 0) is 0 Å². The molecule has 20 heavy (non-hydrogen) atoms. The maximum absolute atomic E-state index is 2.77. The highest BCUT2D eigenvalue weighted by molar-refractivity contribution is 4.98. The van der Waals surface area contributed by atoms with Gasteiger partial charge in [-0.05, 0) is 69.9 Å². The van der Waals surface area contributed by atoms with Gasteiger partial charge in [0, 0.05) is 25.7 Å². The molecular weight excluding hydrogens is 244 g/mol. The molecule has 1 aliphatic carbocycles. The molecule has 2 heteroatoms. The van der Waals surface area contributed by atoms with Crippen LogP contribution in [0.3, 0.4) is 0 Å². The third-order valence-corrected chi connectivity index (χ3v) is 6.35. The van der Waals surface area contributed by atoms with Crippen LogP contribution in [0.25, 0.3) is 0 Å². The molecule has 0 atom stereocenters. The number of likely N-dealkylation sites (tertiary alicyclic amines) is 2. The van der Waals surface area contributed by atoms with Crippen LogP contribution in [0.5, 0.6) is 0 Å². The number of hydrogen-bond donors (Lipinski definition) is 0. The highest BCUT2D eigenvalue weighted by atomic mass is 15.2. The first-order valence-electron chi connectivity index (χ1n) is 9.03. The van der Waals surface area contributed by atoms with E-state index in [-0.39, 0.29) is 0 Å². The summed E-state index contributed by atoms with van der Waals surface area (Å²) in [5, 5.41) is 0. The normalized spacial score (nSPS) is 30.0. The number of rotatable bonds is 3. The predicted molar refractivity (Wildman–Crippen MR) is 85.9 cm³/mol. The summed E-state index contributed by atoms with van der Waals surface area (Å²) in [5.41, 5.74) is 0.755. The molecule has 2 aliphatic heterocycles. The molecule has 0 aromatic heterocycles. The van der Waals surface area contributed by atoms with Gasteiger partial charge in [0.25, 0.3) is 0 Å². The molecule has 2 saturated heterocycles. The van der Waals surface area contributed by atoms with Crippen molar-refractivity contribution in [2.75, 3.05) is 32.7 Å². The van der Waals surface area contributed by atoms with Gasteiger partial charge in [-0.2, -0.15) is 0 Å². The van der Waals surface area contributed by atoms with Gasteiger partial charge < -0.3 is 9.80 Å². The second-order valence-corrected chi connectivity index (χ2v) is 8.43. The first kappa shape index (κ1) is 14.8. The lowest BCUT2D eigenvalue weighted by molar-refractivity contribution is -0.0488. The average Bonchev–Trinajstić information content (AvgIpc) is 2.40. The zero-order valence-electron chi connectivity index (χ0n) is 13.9. The summed E-state index contributed by atoms with van der Waals surface area (Å²) in [6.07, 6.45) is 8.85. The van der Waals surface area contributed by atoms with E-state index < -0.39 is 0 Å². The number of piperidine rings is 1. The Hall–Kier alpha value is -0.0800. The molecule has 116 valence electrons. The molecule has 0 unspecified atom stereocenters. The lowest BCUT2D eigenvalue weighted by Gasteiger charge is -2.54. The fourth-order valence-electron chi connectivity index (χ4n) is 4.74. The Morgan fingerprint density at radius 1 is 1.00 bits per heavy atom. The fraction of sp³-hybridized carbons (Fsp3) is 1.00. The van der Waals surface area contributed by atoms with Crippen molar-refractivity contribution in [3.05, 3.63) is 0 Å². The molecule has 3 rings (SSSR count). The molecule has 0 N–H and O–H groups in total. The van der Waals surface area contributed by atoms with Crippen LogP contribution >= 0.6 is 0 Å². The maximum Gasteiger partial charge on any atom is 0.00506 e. The molecule has 0 bridgehead atoms. The second-order valence-electron chi connectivity index (χ2n) is 8.43. The van der Waals surface area contributed by atoms with Crippen molar-refractivity contribution < 1.29 is 0 Å². The largest absolute Gasteiger partial charge is 0.302 e. The van der Waals surface area contributed by atoms with Gasteiger partial charge in [-0.3, -0.25) is 0 Å². The standard InChI is InChI=1S/C18H34N2/c1-15(2)20-10-6-17(7-11-20)12-19-13-18(14-19)8-4-16(3)5-9-18/h15-17H,4-14H2,1-3H3. The monoisotopic (exact) mass is 278 g/mol. The van der Waals surface area contributed by atoms with Crippen molar-refractivity contribution in [3.8, 4) is 0 Å². The minimum atomic E-state index is 0.743. The molecule has 3 fully saturated rings. The van der Waals surface area contributed by atoms with Crippen molar-refractivity contribution in [2.45, 2.75) is 65.3 Å². The Labute approximate surface area is 125 Å². The summed E-state index contributed by atoms with van der Waals surface area (Å²) >= 11 is 0. The lowest BCUT2D eigenvalue weighted by atomic mass is 9.66. The first-order chi connectivity index (χ1) is 9.56. The highest BCUT2D eigenvalue weighted by Gasteiger charge is 2.44. The average molecular weight is 278 g/mol. The van der Waals surface area contributed by atoms with Crippen LogP contribution in [-0.4, -0.2) is 48.6 Å². The summed E-state index contributed by atoms with van der Waals surface area (Å²) in [5.74, 6) is 1.97. The van der Waals surface area contributed by atoms with E-state index in [0.717, 1.165) is 23.3 Å². The van der Waals surface area contributed by atoms with Gasteiger partial charge in [-0.1, -0.05) is 19.8 Å². The van der Waals surface area contributed by atoms with Gasteiger partial charge in [0.05, 0.1) is 0 Å². The van der Waals surface area contributed by atoms with Gasteiger partial charge in [-0.15, -0.1) is 0 Å². The summed E-state index contributed by atoms with van der Waals surface area (Å²) < 4.78 is 0. The molecule has 0 radical (unpaired) electrons. The fourth-order valence-corrected chi connectivity index (χ4v) is 4.74. The van der Waals surface area contributed by atoms with Gasteiger partial charge in [-0.25, -0.2) is 0 Å². The van der Waals surface area contributed by atoms with Crippen molar-refractivity contribution in [3.63, 3.8) is 0 Å². The second kappa shape index (κ2) is 5.96. The van der Waals surface area contributed by atoms with Crippen LogP contribution in [0.15, 0.2) is 0 Å². The first-order valence-corrected chi connectivity index (χ1v) is 9.03. The molecule has 2 heterocycles. The van der Waals surface area contributed by atoms with Gasteiger partial charge in [0.15, 0.2) is 0 Å². The summed E-state index contributed by atoms with van der Waals surface area (Å²) in [6.45, 7) is 14.0. The van der Waals surface area contributed by atoms with Crippen molar-refractivity contribution >= 4 is 0 Å². The highest BCUT2D eigenvalue weighted by Crippen LogP contribution is 2.45. The van der Waals surface area contributed by atoms with Crippen LogP contribution < -0.4 is 0 Å². The Kier molecular flexibility index (Phi) is 4.42. The van der Waals surface area contributed by atoms with E-state index in [1.165, 1.54) is 71.2 Å².